The summed E-state index contributed by atoms with van der Waals surface area (Å²) in [6.07, 6.45) is 3.29. The van der Waals surface area contributed by atoms with Gasteiger partial charge in [0.2, 0.25) is 0 Å². The lowest BCUT2D eigenvalue weighted by molar-refractivity contribution is -0.169. The largest absolute Gasteiger partial charge is 0.497 e. The summed E-state index contributed by atoms with van der Waals surface area (Å²) in [7, 11) is 1.63. The molecule has 0 bridgehead atoms. The Bertz CT molecular complexity index is 791. The Balaban J connectivity index is 1.30. The lowest BCUT2D eigenvalue weighted by Crippen LogP contribution is -2.45. The highest BCUT2D eigenvalue weighted by atomic mass is 16.7. The minimum absolute atomic E-state index is 0.139. The summed E-state index contributed by atoms with van der Waals surface area (Å²) in [5, 5.41) is 2.92. The van der Waals surface area contributed by atoms with Crippen molar-refractivity contribution in [2.45, 2.75) is 25.2 Å². The maximum atomic E-state index is 12.4. The molecule has 3 heterocycles. The van der Waals surface area contributed by atoms with E-state index in [0.717, 1.165) is 43.1 Å². The molecule has 2 fully saturated rings. The van der Waals surface area contributed by atoms with Crippen LogP contribution in [0.4, 0.5) is 5.82 Å². The summed E-state index contributed by atoms with van der Waals surface area (Å²) in [4.78, 5) is 19.1. The number of pyridine rings is 1. The van der Waals surface area contributed by atoms with E-state index >= 15 is 0 Å². The zero-order chi connectivity index (χ0) is 19.4. The number of nitrogens with one attached hydrogen (secondary N) is 1. The van der Waals surface area contributed by atoms with E-state index in [1.165, 1.54) is 0 Å². The monoisotopic (exact) mass is 383 g/mol. The summed E-state index contributed by atoms with van der Waals surface area (Å²) in [5.74, 6) is 1.14. The second kappa shape index (κ2) is 8.16. The van der Waals surface area contributed by atoms with Crippen LogP contribution in [0, 0.1) is 0 Å². The lowest BCUT2D eigenvalue weighted by Gasteiger charge is -2.38. The van der Waals surface area contributed by atoms with Gasteiger partial charge in [-0.2, -0.15) is 0 Å². The van der Waals surface area contributed by atoms with Crippen LogP contribution in [0.2, 0.25) is 0 Å². The van der Waals surface area contributed by atoms with Crippen LogP contribution in [0.15, 0.2) is 42.6 Å². The molecule has 1 N–H and O–H groups in total. The standard InChI is InChI=1S/C21H25N3O4/c1-26-18-5-2-16(3-6-18)14-23-20(25)17-4-7-19(22-15-17)24-10-8-21(9-11-24)27-12-13-28-21/h2-7,15H,8-14H2,1H3,(H,23,25). The van der Waals surface area contributed by atoms with Crippen LogP contribution in [0.25, 0.3) is 0 Å². The number of hydrogen-bond acceptors (Lipinski definition) is 6. The number of amides is 1. The number of carbonyl (C=O) groups excluding carboxylic acids is 1. The van der Waals surface area contributed by atoms with E-state index in [-0.39, 0.29) is 5.91 Å². The van der Waals surface area contributed by atoms with E-state index in [9.17, 15) is 4.79 Å². The highest BCUT2D eigenvalue weighted by Gasteiger charge is 2.39. The summed E-state index contributed by atoms with van der Waals surface area (Å²) < 4.78 is 16.7. The summed E-state index contributed by atoms with van der Waals surface area (Å²) in [6.45, 7) is 3.47. The number of hydrogen-bond donors (Lipinski definition) is 1. The minimum Gasteiger partial charge on any atom is -0.497 e. The second-order valence-electron chi connectivity index (χ2n) is 7.03. The van der Waals surface area contributed by atoms with Gasteiger partial charge in [-0.05, 0) is 29.8 Å². The molecule has 7 nitrogen and oxygen atoms in total. The van der Waals surface area contributed by atoms with Gasteiger partial charge < -0.3 is 24.4 Å². The molecule has 7 heteroatoms. The first kappa shape index (κ1) is 18.7. The third-order valence-corrected chi connectivity index (χ3v) is 5.28. The molecule has 4 rings (SSSR count). The molecule has 1 aromatic heterocycles. The first-order valence-corrected chi connectivity index (χ1v) is 9.57. The Morgan fingerprint density at radius 2 is 1.86 bits per heavy atom. The first-order chi connectivity index (χ1) is 13.7. The van der Waals surface area contributed by atoms with Gasteiger partial charge in [0.25, 0.3) is 5.91 Å². The molecule has 2 aliphatic rings. The molecule has 0 atom stereocenters. The summed E-state index contributed by atoms with van der Waals surface area (Å²) >= 11 is 0. The normalized spacial score (nSPS) is 18.2. The summed E-state index contributed by atoms with van der Waals surface area (Å²) in [5.41, 5.74) is 1.56. The molecular weight excluding hydrogens is 358 g/mol. The van der Waals surface area contributed by atoms with Gasteiger partial charge in [0, 0.05) is 38.7 Å². The van der Waals surface area contributed by atoms with E-state index in [0.29, 0.717) is 25.3 Å². The second-order valence-corrected chi connectivity index (χ2v) is 7.03. The van der Waals surface area contributed by atoms with E-state index in [4.69, 9.17) is 14.2 Å². The van der Waals surface area contributed by atoms with Crippen molar-refractivity contribution in [1.82, 2.24) is 10.3 Å². The number of ether oxygens (including phenoxy) is 3. The number of benzene rings is 1. The SMILES string of the molecule is COc1ccc(CNC(=O)c2ccc(N3CCC4(CC3)OCCO4)nc2)cc1. The van der Waals surface area contributed by atoms with Gasteiger partial charge in [-0.3, -0.25) is 4.79 Å². The van der Waals surface area contributed by atoms with Crippen molar-refractivity contribution < 1.29 is 19.0 Å². The van der Waals surface area contributed by atoms with Crippen molar-refractivity contribution in [1.29, 1.82) is 0 Å². The molecule has 28 heavy (non-hydrogen) atoms. The van der Waals surface area contributed by atoms with E-state index in [1.807, 2.05) is 36.4 Å². The number of piperidine rings is 1. The molecule has 148 valence electrons. The van der Waals surface area contributed by atoms with E-state index < -0.39 is 5.79 Å². The van der Waals surface area contributed by atoms with Crippen LogP contribution in [-0.4, -0.2) is 50.1 Å². The van der Waals surface area contributed by atoms with Crippen molar-refractivity contribution in [3.05, 3.63) is 53.7 Å². The average molecular weight is 383 g/mol. The number of carbonyl (C=O) groups is 1. The van der Waals surface area contributed by atoms with Crippen molar-refractivity contribution in [2.75, 3.05) is 38.3 Å². The Kier molecular flexibility index (Phi) is 5.45. The van der Waals surface area contributed by atoms with Gasteiger partial charge in [0.05, 0.1) is 25.9 Å². The summed E-state index contributed by atoms with van der Waals surface area (Å²) in [6, 6.07) is 11.3. The van der Waals surface area contributed by atoms with Crippen LogP contribution >= 0.6 is 0 Å². The smallest absolute Gasteiger partial charge is 0.253 e. The van der Waals surface area contributed by atoms with Crippen molar-refractivity contribution in [3.63, 3.8) is 0 Å². The molecule has 0 aliphatic carbocycles. The predicted octanol–water partition coefficient (Wildman–Crippen LogP) is 2.36. The van der Waals surface area contributed by atoms with E-state index in [2.05, 4.69) is 15.2 Å². The Labute approximate surface area is 164 Å². The van der Waals surface area contributed by atoms with Crippen molar-refractivity contribution in [2.24, 2.45) is 0 Å². The number of nitrogens with zero attached hydrogens (tertiary/aromatic N) is 2. The van der Waals surface area contributed by atoms with Crippen LogP contribution in [-0.2, 0) is 16.0 Å². The molecular formula is C21H25N3O4. The molecule has 0 unspecified atom stereocenters. The lowest BCUT2D eigenvalue weighted by atomic mass is 10.0. The molecule has 0 radical (unpaired) electrons. The van der Waals surface area contributed by atoms with Crippen LogP contribution in [0.1, 0.15) is 28.8 Å². The highest BCUT2D eigenvalue weighted by Crippen LogP contribution is 2.32. The predicted molar refractivity (Wildman–Crippen MR) is 104 cm³/mol. The zero-order valence-electron chi connectivity index (χ0n) is 16.0. The number of aromatic nitrogens is 1. The topological polar surface area (TPSA) is 72.9 Å². The average Bonchev–Trinajstić information content (AvgIpc) is 3.21. The van der Waals surface area contributed by atoms with Crippen LogP contribution in [0.5, 0.6) is 5.75 Å². The number of anilines is 1. The third kappa shape index (κ3) is 4.10. The molecule has 2 aliphatic heterocycles. The molecule has 2 aromatic rings. The van der Waals surface area contributed by atoms with E-state index in [1.54, 1.807) is 13.3 Å². The molecule has 1 amide bonds. The fourth-order valence-electron chi connectivity index (χ4n) is 3.60. The molecule has 1 aromatic carbocycles. The first-order valence-electron chi connectivity index (χ1n) is 9.57. The highest BCUT2D eigenvalue weighted by molar-refractivity contribution is 5.94. The van der Waals surface area contributed by atoms with Crippen molar-refractivity contribution in [3.8, 4) is 5.75 Å². The Morgan fingerprint density at radius 1 is 1.14 bits per heavy atom. The maximum Gasteiger partial charge on any atom is 0.253 e. The fourth-order valence-corrected chi connectivity index (χ4v) is 3.60. The maximum absolute atomic E-state index is 12.4. The van der Waals surface area contributed by atoms with Gasteiger partial charge in [-0.15, -0.1) is 0 Å². The van der Waals surface area contributed by atoms with Gasteiger partial charge in [0.15, 0.2) is 5.79 Å². The third-order valence-electron chi connectivity index (χ3n) is 5.28. The molecule has 1 spiro atoms. The Morgan fingerprint density at radius 3 is 2.46 bits per heavy atom. The van der Waals surface area contributed by atoms with Crippen LogP contribution < -0.4 is 15.0 Å². The minimum atomic E-state index is -0.391. The van der Waals surface area contributed by atoms with Gasteiger partial charge in [-0.25, -0.2) is 4.98 Å². The fraction of sp³-hybridized carbons (Fsp3) is 0.429. The number of methoxy groups -OCH3 is 1. The van der Waals surface area contributed by atoms with Gasteiger partial charge >= 0.3 is 0 Å². The number of rotatable bonds is 5. The van der Waals surface area contributed by atoms with Crippen molar-refractivity contribution >= 4 is 11.7 Å². The van der Waals surface area contributed by atoms with Crippen LogP contribution in [0.3, 0.4) is 0 Å². The quantitative estimate of drug-likeness (QED) is 0.855. The Hall–Kier alpha value is -2.64. The molecule has 2 saturated heterocycles. The molecule has 0 saturated carbocycles. The van der Waals surface area contributed by atoms with Gasteiger partial charge in [-0.1, -0.05) is 12.1 Å². The zero-order valence-corrected chi connectivity index (χ0v) is 16.0. The van der Waals surface area contributed by atoms with Gasteiger partial charge in [0.1, 0.15) is 11.6 Å².